The molecular weight excluding hydrogens is 610 g/mol. The first-order valence-electron chi connectivity index (χ1n) is 16.5. The molecular formula is C34H49N3O10. The molecule has 2 heterocycles. The van der Waals surface area contributed by atoms with Gasteiger partial charge in [0.1, 0.15) is 18.1 Å². The van der Waals surface area contributed by atoms with Gasteiger partial charge in [-0.1, -0.05) is 24.6 Å². The van der Waals surface area contributed by atoms with Crippen LogP contribution in [0, 0.1) is 10.1 Å². The Morgan fingerprint density at radius 3 is 2.53 bits per heavy atom. The summed E-state index contributed by atoms with van der Waals surface area (Å²) in [7, 11) is 3.38. The molecule has 0 amide bonds. The van der Waals surface area contributed by atoms with Crippen molar-refractivity contribution in [2.75, 3.05) is 78.3 Å². The lowest BCUT2D eigenvalue weighted by Crippen LogP contribution is -2.50. The SMILES string of the molecule is COCCCN1CCOc2ccc(CO[C@H]3CNC[C@@H](OCCCOC(=O)CCCCCO[N+](=O)[O-])[C@@H]3c3ccc(OC)cc3)cc21. The number of esters is 1. The Kier molecular flexibility index (Phi) is 15.3. The normalized spacial score (nSPS) is 19.0. The lowest BCUT2D eigenvalue weighted by molar-refractivity contribution is -0.757. The molecule has 13 heteroatoms. The van der Waals surface area contributed by atoms with Crippen LogP contribution < -0.4 is 19.7 Å². The van der Waals surface area contributed by atoms with E-state index in [1.54, 1.807) is 14.2 Å². The Hall–Kier alpha value is -3.65. The standard InChI is InChI=1S/C34H49N3O10/c1-41-17-6-15-36-16-21-44-30-14-9-26(22-29(30)36)25-46-32-24-35-23-31(34(32)27-10-12-28(42-2)13-11-27)43-18-7-19-45-33(38)8-4-3-5-20-47-37(39)40/h9-14,22,31-32,34-35H,3-8,15-21,23-25H2,1-2H3/t31-,32+,34+/m1/s1. The lowest BCUT2D eigenvalue weighted by atomic mass is 9.85. The number of piperidine rings is 1. The number of hydrogen-bond acceptors (Lipinski definition) is 12. The zero-order chi connectivity index (χ0) is 33.3. The van der Waals surface area contributed by atoms with Crippen molar-refractivity contribution in [2.24, 2.45) is 0 Å². The molecule has 1 saturated heterocycles. The van der Waals surface area contributed by atoms with Gasteiger partial charge in [-0.2, -0.15) is 0 Å². The number of carbonyl (C=O) groups is 1. The molecule has 0 spiro atoms. The van der Waals surface area contributed by atoms with Crippen molar-refractivity contribution in [1.29, 1.82) is 0 Å². The van der Waals surface area contributed by atoms with Gasteiger partial charge in [-0.3, -0.25) is 4.79 Å². The number of nitrogens with one attached hydrogen (secondary N) is 1. The average Bonchev–Trinajstić information content (AvgIpc) is 3.09. The zero-order valence-electron chi connectivity index (χ0n) is 27.6. The summed E-state index contributed by atoms with van der Waals surface area (Å²) in [6, 6.07) is 14.3. The van der Waals surface area contributed by atoms with Gasteiger partial charge >= 0.3 is 5.97 Å². The fourth-order valence-corrected chi connectivity index (χ4v) is 5.92. The monoisotopic (exact) mass is 659 g/mol. The van der Waals surface area contributed by atoms with E-state index in [9.17, 15) is 14.9 Å². The molecule has 260 valence electrons. The van der Waals surface area contributed by atoms with E-state index in [1.165, 1.54) is 0 Å². The minimum atomic E-state index is -0.808. The van der Waals surface area contributed by atoms with E-state index >= 15 is 0 Å². The molecule has 0 bridgehead atoms. The third-order valence-electron chi connectivity index (χ3n) is 8.32. The first kappa shape index (κ1) is 36.2. The van der Waals surface area contributed by atoms with Gasteiger partial charge in [-0.25, -0.2) is 0 Å². The molecule has 2 aromatic rings. The molecule has 3 atom stereocenters. The third kappa shape index (κ3) is 11.8. The van der Waals surface area contributed by atoms with Crippen LogP contribution in [0.1, 0.15) is 55.6 Å². The predicted octanol–water partition coefficient (Wildman–Crippen LogP) is 4.29. The van der Waals surface area contributed by atoms with Crippen molar-refractivity contribution in [2.45, 2.75) is 63.3 Å². The Morgan fingerprint density at radius 1 is 0.957 bits per heavy atom. The van der Waals surface area contributed by atoms with E-state index in [-0.39, 0.29) is 43.7 Å². The van der Waals surface area contributed by atoms with E-state index in [0.717, 1.165) is 54.4 Å². The number of methoxy groups -OCH3 is 2. The van der Waals surface area contributed by atoms with E-state index in [1.807, 2.05) is 18.2 Å². The van der Waals surface area contributed by atoms with Crippen LogP contribution in [0.25, 0.3) is 0 Å². The summed E-state index contributed by atoms with van der Waals surface area (Å²) in [5, 5.41) is 12.9. The van der Waals surface area contributed by atoms with Crippen molar-refractivity contribution in [1.82, 2.24) is 5.32 Å². The average molecular weight is 660 g/mol. The van der Waals surface area contributed by atoms with Gasteiger partial charge in [-0.05, 0) is 54.7 Å². The van der Waals surface area contributed by atoms with Crippen molar-refractivity contribution >= 4 is 11.7 Å². The molecule has 1 fully saturated rings. The van der Waals surface area contributed by atoms with Crippen LogP contribution in [-0.4, -0.2) is 96.7 Å². The van der Waals surface area contributed by atoms with Crippen molar-refractivity contribution in [3.05, 3.63) is 63.7 Å². The number of nitrogens with zero attached hydrogens (tertiary/aromatic N) is 2. The third-order valence-corrected chi connectivity index (χ3v) is 8.32. The number of anilines is 1. The Labute approximate surface area is 276 Å². The van der Waals surface area contributed by atoms with Gasteiger partial charge in [0.2, 0.25) is 0 Å². The highest BCUT2D eigenvalue weighted by atomic mass is 16.9. The van der Waals surface area contributed by atoms with E-state index in [2.05, 4.69) is 39.3 Å². The molecule has 1 N–H and O–H groups in total. The van der Waals surface area contributed by atoms with Gasteiger partial charge in [0.05, 0.1) is 58.0 Å². The van der Waals surface area contributed by atoms with Gasteiger partial charge in [0, 0.05) is 52.1 Å². The van der Waals surface area contributed by atoms with E-state index in [0.29, 0.717) is 58.6 Å². The molecule has 4 rings (SSSR count). The number of hydrogen-bond donors (Lipinski definition) is 1. The summed E-state index contributed by atoms with van der Waals surface area (Å²) < 4.78 is 34.9. The first-order valence-corrected chi connectivity index (χ1v) is 16.5. The zero-order valence-corrected chi connectivity index (χ0v) is 27.6. The largest absolute Gasteiger partial charge is 0.497 e. The molecule has 0 radical (unpaired) electrons. The van der Waals surface area contributed by atoms with Crippen molar-refractivity contribution in [3.63, 3.8) is 0 Å². The maximum atomic E-state index is 12.1. The topological polar surface area (TPSA) is 140 Å². The van der Waals surface area contributed by atoms with Crippen molar-refractivity contribution < 1.29 is 43.1 Å². The number of benzene rings is 2. The molecule has 13 nitrogen and oxygen atoms in total. The van der Waals surface area contributed by atoms with E-state index in [4.69, 9.17) is 28.4 Å². The molecule has 0 unspecified atom stereocenters. The summed E-state index contributed by atoms with van der Waals surface area (Å²) in [4.78, 5) is 28.9. The second-order valence-electron chi connectivity index (χ2n) is 11.6. The van der Waals surface area contributed by atoms with Crippen LogP contribution in [0.2, 0.25) is 0 Å². The summed E-state index contributed by atoms with van der Waals surface area (Å²) in [5.74, 6) is 1.38. The quantitative estimate of drug-likeness (QED) is 0.0885. The number of unbranched alkanes of at least 4 members (excludes halogenated alkanes) is 2. The molecule has 2 aliphatic heterocycles. The molecule has 0 saturated carbocycles. The highest BCUT2D eigenvalue weighted by molar-refractivity contribution is 5.69. The minimum Gasteiger partial charge on any atom is -0.497 e. The maximum absolute atomic E-state index is 12.1. The second kappa shape index (κ2) is 19.9. The van der Waals surface area contributed by atoms with Crippen LogP contribution >= 0.6 is 0 Å². The summed E-state index contributed by atoms with van der Waals surface area (Å²) >= 11 is 0. The summed E-state index contributed by atoms with van der Waals surface area (Å²) in [5.41, 5.74) is 3.28. The maximum Gasteiger partial charge on any atom is 0.305 e. The van der Waals surface area contributed by atoms with Crippen LogP contribution in [0.15, 0.2) is 42.5 Å². The Morgan fingerprint density at radius 2 is 1.77 bits per heavy atom. The van der Waals surface area contributed by atoms with Crippen LogP contribution in [0.4, 0.5) is 5.69 Å². The Bertz CT molecular complexity index is 1230. The molecule has 2 aromatic carbocycles. The van der Waals surface area contributed by atoms with Crippen LogP contribution in [-0.2, 0) is 35.2 Å². The lowest BCUT2D eigenvalue weighted by Gasteiger charge is -2.39. The minimum absolute atomic E-state index is 0.0181. The highest BCUT2D eigenvalue weighted by Crippen LogP contribution is 2.35. The number of rotatable bonds is 21. The summed E-state index contributed by atoms with van der Waals surface area (Å²) in [6.07, 6.45) is 3.28. The van der Waals surface area contributed by atoms with Gasteiger partial charge in [-0.15, -0.1) is 10.1 Å². The van der Waals surface area contributed by atoms with Crippen LogP contribution in [0.3, 0.4) is 0 Å². The van der Waals surface area contributed by atoms with Gasteiger partial charge in [0.15, 0.2) is 0 Å². The first-order chi connectivity index (χ1) is 23.0. The fraction of sp³-hybridized carbons (Fsp3) is 0.618. The molecule has 0 aliphatic carbocycles. The highest BCUT2D eigenvalue weighted by Gasteiger charge is 2.36. The Balaban J connectivity index is 1.30. The smallest absolute Gasteiger partial charge is 0.305 e. The summed E-state index contributed by atoms with van der Waals surface area (Å²) in [6.45, 7) is 5.67. The van der Waals surface area contributed by atoms with Crippen LogP contribution in [0.5, 0.6) is 11.5 Å². The number of ether oxygens (including phenoxy) is 6. The van der Waals surface area contributed by atoms with E-state index < -0.39 is 5.09 Å². The molecule has 0 aromatic heterocycles. The van der Waals surface area contributed by atoms with Gasteiger partial charge < -0.3 is 43.5 Å². The number of carbonyl (C=O) groups excluding carboxylic acids is 1. The van der Waals surface area contributed by atoms with Crippen molar-refractivity contribution in [3.8, 4) is 11.5 Å². The predicted molar refractivity (Wildman–Crippen MR) is 175 cm³/mol. The number of fused-ring (bicyclic) bond motifs is 1. The molecule has 2 aliphatic rings. The molecule has 47 heavy (non-hydrogen) atoms. The second-order valence-corrected chi connectivity index (χ2v) is 11.6. The fourth-order valence-electron chi connectivity index (χ4n) is 5.92. The van der Waals surface area contributed by atoms with Gasteiger partial charge in [0.25, 0.3) is 5.09 Å².